The largest absolute Gasteiger partial charge is 0.338 e. The van der Waals surface area contributed by atoms with Gasteiger partial charge in [-0.2, -0.15) is 0 Å². The van der Waals surface area contributed by atoms with Crippen molar-refractivity contribution in [1.29, 1.82) is 0 Å². The van der Waals surface area contributed by atoms with Crippen molar-refractivity contribution in [3.8, 4) is 0 Å². The second-order valence-corrected chi connectivity index (χ2v) is 8.79. The van der Waals surface area contributed by atoms with Crippen molar-refractivity contribution in [3.05, 3.63) is 35.9 Å². The zero-order valence-corrected chi connectivity index (χ0v) is 16.9. The van der Waals surface area contributed by atoms with Crippen molar-refractivity contribution in [2.24, 2.45) is 11.8 Å². The van der Waals surface area contributed by atoms with Crippen LogP contribution in [0.4, 0.5) is 0 Å². The van der Waals surface area contributed by atoms with Crippen molar-refractivity contribution < 1.29 is 9.59 Å². The molecule has 1 aromatic carbocycles. The van der Waals surface area contributed by atoms with Crippen LogP contribution in [-0.4, -0.2) is 59.4 Å². The number of rotatable bonds is 4. The van der Waals surface area contributed by atoms with Gasteiger partial charge in [0.05, 0.1) is 0 Å². The average molecular weight is 385 g/mol. The number of fused-ring (bicyclic) bond motifs is 4. The number of benzene rings is 1. The van der Waals surface area contributed by atoms with E-state index in [1.807, 2.05) is 35.2 Å². The van der Waals surface area contributed by atoms with Gasteiger partial charge in [0, 0.05) is 49.7 Å². The molecule has 0 spiro atoms. The minimum absolute atomic E-state index is 0.0950. The molecule has 4 aliphatic heterocycles. The molecule has 6 nitrogen and oxygen atoms in total. The fraction of sp³-hybridized carbons (Fsp3) is 0.636. The lowest BCUT2D eigenvalue weighted by Crippen LogP contribution is -2.47. The Bertz CT molecular complexity index is 700. The van der Waals surface area contributed by atoms with Crippen LogP contribution in [-0.2, 0) is 4.79 Å². The number of hydrogen-bond donors (Lipinski definition) is 2. The van der Waals surface area contributed by atoms with Gasteiger partial charge in [-0.3, -0.25) is 20.4 Å². The van der Waals surface area contributed by atoms with E-state index in [0.717, 1.165) is 37.9 Å². The van der Waals surface area contributed by atoms with Crippen molar-refractivity contribution in [1.82, 2.24) is 20.7 Å². The fourth-order valence-corrected chi connectivity index (χ4v) is 5.16. The Hall–Kier alpha value is -1.92. The Labute approximate surface area is 167 Å². The van der Waals surface area contributed by atoms with Gasteiger partial charge in [0.15, 0.2) is 0 Å². The SMILES string of the molecule is CC1NNC(C)C1CCC(=O)N1C[C@H]2CC[C@@H]1CN(C(=O)c1ccccc1)C2. The summed E-state index contributed by atoms with van der Waals surface area (Å²) in [6.45, 7) is 6.57. The lowest BCUT2D eigenvalue weighted by molar-refractivity contribution is -0.135. The lowest BCUT2D eigenvalue weighted by atomic mass is 9.90. The summed E-state index contributed by atoms with van der Waals surface area (Å²) in [4.78, 5) is 30.0. The van der Waals surface area contributed by atoms with Gasteiger partial charge in [-0.25, -0.2) is 0 Å². The summed E-state index contributed by atoms with van der Waals surface area (Å²) in [5, 5.41) is 0. The number of hydrazine groups is 1. The maximum absolute atomic E-state index is 13.0. The van der Waals surface area contributed by atoms with Crippen LogP contribution in [0.3, 0.4) is 0 Å². The van der Waals surface area contributed by atoms with Gasteiger partial charge < -0.3 is 9.80 Å². The highest BCUT2D eigenvalue weighted by atomic mass is 16.2. The molecule has 6 heteroatoms. The molecule has 0 saturated carbocycles. The average Bonchev–Trinajstić information content (AvgIpc) is 2.90. The number of piperidine rings is 1. The monoisotopic (exact) mass is 384 g/mol. The minimum atomic E-state index is 0.0950. The molecule has 4 fully saturated rings. The molecule has 0 aliphatic carbocycles. The first-order valence-corrected chi connectivity index (χ1v) is 10.7. The molecule has 4 atom stereocenters. The zero-order chi connectivity index (χ0) is 19.7. The van der Waals surface area contributed by atoms with Crippen LogP contribution >= 0.6 is 0 Å². The molecule has 152 valence electrons. The van der Waals surface area contributed by atoms with E-state index in [9.17, 15) is 9.59 Å². The minimum Gasteiger partial charge on any atom is -0.338 e. The molecule has 5 rings (SSSR count). The highest BCUT2D eigenvalue weighted by Crippen LogP contribution is 2.30. The molecule has 0 aromatic heterocycles. The predicted octanol–water partition coefficient (Wildman–Crippen LogP) is 2.03. The molecule has 2 bridgehead atoms. The normalized spacial score (nSPS) is 32.4. The third-order valence-electron chi connectivity index (χ3n) is 6.86. The van der Waals surface area contributed by atoms with Gasteiger partial charge >= 0.3 is 0 Å². The number of nitrogens with one attached hydrogen (secondary N) is 2. The number of amides is 2. The number of carbonyl (C=O) groups excluding carboxylic acids is 2. The molecule has 28 heavy (non-hydrogen) atoms. The summed E-state index contributed by atoms with van der Waals surface area (Å²) in [6.07, 6.45) is 3.62. The molecular formula is C22H32N4O2. The van der Waals surface area contributed by atoms with Crippen molar-refractivity contribution >= 4 is 11.8 Å². The molecule has 2 unspecified atom stereocenters. The molecule has 4 saturated heterocycles. The van der Waals surface area contributed by atoms with Crippen LogP contribution in [0.1, 0.15) is 49.9 Å². The van der Waals surface area contributed by atoms with E-state index < -0.39 is 0 Å². The van der Waals surface area contributed by atoms with Crippen LogP contribution in [0, 0.1) is 11.8 Å². The number of carbonyl (C=O) groups is 2. The second-order valence-electron chi connectivity index (χ2n) is 8.79. The number of nitrogens with zero attached hydrogens (tertiary/aromatic N) is 2. The molecule has 0 radical (unpaired) electrons. The van der Waals surface area contributed by atoms with Gasteiger partial charge in [0.25, 0.3) is 5.91 Å². The fourth-order valence-electron chi connectivity index (χ4n) is 5.16. The summed E-state index contributed by atoms with van der Waals surface area (Å²) >= 11 is 0. The van der Waals surface area contributed by atoms with Gasteiger partial charge in [-0.05, 0) is 57.1 Å². The molecule has 1 aromatic rings. The first-order chi connectivity index (χ1) is 13.5. The van der Waals surface area contributed by atoms with Crippen LogP contribution in [0.15, 0.2) is 30.3 Å². The summed E-state index contributed by atoms with van der Waals surface area (Å²) in [5.74, 6) is 1.22. The highest BCUT2D eigenvalue weighted by Gasteiger charge is 2.39. The summed E-state index contributed by atoms with van der Waals surface area (Å²) in [5.41, 5.74) is 7.29. The van der Waals surface area contributed by atoms with Crippen LogP contribution < -0.4 is 10.9 Å². The van der Waals surface area contributed by atoms with Crippen molar-refractivity contribution in [3.63, 3.8) is 0 Å². The van der Waals surface area contributed by atoms with Gasteiger partial charge in [-0.15, -0.1) is 0 Å². The van der Waals surface area contributed by atoms with Gasteiger partial charge in [0.2, 0.25) is 5.91 Å². The predicted molar refractivity (Wildman–Crippen MR) is 108 cm³/mol. The Morgan fingerprint density at radius 3 is 2.43 bits per heavy atom. The van der Waals surface area contributed by atoms with Gasteiger partial charge in [0.1, 0.15) is 0 Å². The Morgan fingerprint density at radius 2 is 1.71 bits per heavy atom. The molecular weight excluding hydrogens is 352 g/mol. The van der Waals surface area contributed by atoms with E-state index in [2.05, 4.69) is 29.6 Å². The van der Waals surface area contributed by atoms with E-state index in [4.69, 9.17) is 0 Å². The first kappa shape index (κ1) is 19.4. The molecule has 4 heterocycles. The maximum atomic E-state index is 13.0. The zero-order valence-electron chi connectivity index (χ0n) is 16.9. The number of hydrogen-bond acceptors (Lipinski definition) is 4. The summed E-state index contributed by atoms with van der Waals surface area (Å²) in [6, 6.07) is 10.4. The van der Waals surface area contributed by atoms with E-state index in [1.165, 1.54) is 0 Å². The van der Waals surface area contributed by atoms with E-state index in [1.54, 1.807) is 0 Å². The molecule has 2 amide bonds. The standard InChI is InChI=1S/C22H32N4O2/c1-15-20(16(2)24-23-15)10-11-21(27)26-13-17-8-9-19(26)14-25(12-17)22(28)18-6-4-3-5-7-18/h3-7,15-17,19-20,23-24H,8-14H2,1-2H3/t15?,16?,17-,19+,20?/m0/s1. The van der Waals surface area contributed by atoms with E-state index in [0.29, 0.717) is 36.9 Å². The third kappa shape index (κ3) is 3.94. The highest BCUT2D eigenvalue weighted by molar-refractivity contribution is 5.94. The molecule has 2 N–H and O–H groups in total. The van der Waals surface area contributed by atoms with Crippen LogP contribution in [0.5, 0.6) is 0 Å². The molecule has 4 aliphatic rings. The van der Waals surface area contributed by atoms with Crippen molar-refractivity contribution in [2.75, 3.05) is 19.6 Å². The maximum Gasteiger partial charge on any atom is 0.253 e. The quantitative estimate of drug-likeness (QED) is 0.834. The second kappa shape index (κ2) is 8.21. The van der Waals surface area contributed by atoms with E-state index in [-0.39, 0.29) is 17.9 Å². The Kier molecular flexibility index (Phi) is 5.69. The van der Waals surface area contributed by atoms with Crippen molar-refractivity contribution in [2.45, 2.75) is 57.7 Å². The van der Waals surface area contributed by atoms with E-state index >= 15 is 0 Å². The van der Waals surface area contributed by atoms with Crippen LogP contribution in [0.2, 0.25) is 0 Å². The summed E-state index contributed by atoms with van der Waals surface area (Å²) < 4.78 is 0. The summed E-state index contributed by atoms with van der Waals surface area (Å²) in [7, 11) is 0. The van der Waals surface area contributed by atoms with Gasteiger partial charge in [-0.1, -0.05) is 18.2 Å². The third-order valence-corrected chi connectivity index (χ3v) is 6.86. The lowest BCUT2D eigenvalue weighted by Gasteiger charge is -2.36. The first-order valence-electron chi connectivity index (χ1n) is 10.7. The topological polar surface area (TPSA) is 64.7 Å². The Morgan fingerprint density at radius 1 is 1.00 bits per heavy atom. The van der Waals surface area contributed by atoms with Crippen LogP contribution in [0.25, 0.3) is 0 Å². The smallest absolute Gasteiger partial charge is 0.253 e. The Balaban J connectivity index is 1.39.